The molecule has 2 fully saturated rings. The van der Waals surface area contributed by atoms with E-state index < -0.39 is 0 Å². The van der Waals surface area contributed by atoms with Gasteiger partial charge in [0.15, 0.2) is 0 Å². The number of hydrogen-bond acceptors (Lipinski definition) is 3. The molecule has 1 N–H and O–H groups in total. The molecule has 0 saturated carbocycles. The molecule has 0 bridgehead atoms. The van der Waals surface area contributed by atoms with Gasteiger partial charge in [0, 0.05) is 30.1 Å². The Bertz CT molecular complexity index is 463. The van der Waals surface area contributed by atoms with Crippen LogP contribution in [0.3, 0.4) is 0 Å². The zero-order chi connectivity index (χ0) is 13.3. The van der Waals surface area contributed by atoms with E-state index in [1.807, 2.05) is 18.2 Å². The number of nitrogens with one attached hydrogen (secondary N) is 1. The third-order valence-corrected chi connectivity index (χ3v) is 4.67. The summed E-state index contributed by atoms with van der Waals surface area (Å²) in [6.45, 7) is 2.31. The number of rotatable bonds is 2. The summed E-state index contributed by atoms with van der Waals surface area (Å²) in [5.41, 5.74) is 0.908. The van der Waals surface area contributed by atoms with Crippen LogP contribution in [-0.2, 0) is 9.47 Å². The summed E-state index contributed by atoms with van der Waals surface area (Å²) in [5.74, 6) is 0. The zero-order valence-electron chi connectivity index (χ0n) is 10.6. The molecule has 2 saturated heterocycles. The predicted octanol–water partition coefficient (Wildman–Crippen LogP) is 3.85. The summed E-state index contributed by atoms with van der Waals surface area (Å²) < 4.78 is 12.5. The second-order valence-corrected chi connectivity index (χ2v) is 6.62. The fourth-order valence-corrected chi connectivity index (χ4v) is 3.38. The van der Waals surface area contributed by atoms with Crippen molar-refractivity contribution in [3.63, 3.8) is 0 Å². The van der Waals surface area contributed by atoms with Crippen LogP contribution in [0.15, 0.2) is 22.7 Å². The van der Waals surface area contributed by atoms with E-state index in [1.165, 1.54) is 0 Å². The lowest BCUT2D eigenvalue weighted by Crippen LogP contribution is -2.44. The van der Waals surface area contributed by atoms with Crippen LogP contribution in [0.2, 0.25) is 5.02 Å². The number of hydrogen-bond donors (Lipinski definition) is 1. The first kappa shape index (κ1) is 13.7. The second kappa shape index (κ2) is 5.60. The van der Waals surface area contributed by atoms with Crippen molar-refractivity contribution in [1.29, 1.82) is 0 Å². The fourth-order valence-electron chi connectivity index (χ4n) is 2.84. The maximum Gasteiger partial charge on any atom is 0.0956 e. The van der Waals surface area contributed by atoms with Crippen molar-refractivity contribution in [2.75, 3.05) is 25.1 Å². The summed E-state index contributed by atoms with van der Waals surface area (Å²) in [6.07, 6.45) is 2.98. The quantitative estimate of drug-likeness (QED) is 0.882. The van der Waals surface area contributed by atoms with E-state index in [0.29, 0.717) is 6.04 Å². The number of ether oxygens (including phenoxy) is 2. The van der Waals surface area contributed by atoms with Crippen LogP contribution in [0.4, 0.5) is 5.69 Å². The van der Waals surface area contributed by atoms with E-state index in [0.717, 1.165) is 54.3 Å². The highest BCUT2D eigenvalue weighted by molar-refractivity contribution is 9.10. The third kappa shape index (κ3) is 3.07. The molecule has 1 aromatic rings. The summed E-state index contributed by atoms with van der Waals surface area (Å²) in [4.78, 5) is 0. The first-order valence-corrected chi connectivity index (χ1v) is 7.77. The van der Waals surface area contributed by atoms with Crippen LogP contribution in [0.1, 0.15) is 19.3 Å². The van der Waals surface area contributed by atoms with Crippen molar-refractivity contribution in [1.82, 2.24) is 0 Å². The lowest BCUT2D eigenvalue weighted by atomic mass is 9.89. The molecule has 0 aliphatic carbocycles. The van der Waals surface area contributed by atoms with E-state index in [9.17, 15) is 0 Å². The first-order chi connectivity index (χ1) is 9.17. The molecule has 0 aromatic heterocycles. The van der Waals surface area contributed by atoms with Gasteiger partial charge in [-0.1, -0.05) is 27.5 Å². The van der Waals surface area contributed by atoms with E-state index in [-0.39, 0.29) is 5.60 Å². The van der Waals surface area contributed by atoms with Crippen LogP contribution >= 0.6 is 27.5 Å². The van der Waals surface area contributed by atoms with Gasteiger partial charge in [-0.25, -0.2) is 0 Å². The minimum atomic E-state index is -0.0750. The smallest absolute Gasteiger partial charge is 0.0956 e. The van der Waals surface area contributed by atoms with Crippen molar-refractivity contribution in [3.8, 4) is 0 Å². The Hall–Kier alpha value is -0.290. The molecule has 2 aliphatic rings. The zero-order valence-corrected chi connectivity index (χ0v) is 13.0. The normalized spacial score (nSPS) is 30.7. The largest absolute Gasteiger partial charge is 0.381 e. The van der Waals surface area contributed by atoms with Crippen molar-refractivity contribution >= 4 is 33.2 Å². The Morgan fingerprint density at radius 1 is 1.37 bits per heavy atom. The van der Waals surface area contributed by atoms with Gasteiger partial charge in [0.25, 0.3) is 0 Å². The maximum absolute atomic E-state index is 6.23. The predicted molar refractivity (Wildman–Crippen MR) is 79.9 cm³/mol. The van der Waals surface area contributed by atoms with E-state index in [2.05, 4.69) is 21.2 Å². The number of halogens is 2. The van der Waals surface area contributed by atoms with Crippen LogP contribution in [-0.4, -0.2) is 31.5 Å². The molecule has 3 rings (SSSR count). The summed E-state index contributed by atoms with van der Waals surface area (Å²) in [6, 6.07) is 6.27. The monoisotopic (exact) mass is 345 g/mol. The Balaban J connectivity index is 1.70. The van der Waals surface area contributed by atoms with Crippen molar-refractivity contribution in [2.45, 2.75) is 30.9 Å². The molecule has 3 nitrogen and oxygen atoms in total. The highest BCUT2D eigenvalue weighted by Gasteiger charge is 2.41. The highest BCUT2D eigenvalue weighted by Crippen LogP contribution is 2.35. The minimum Gasteiger partial charge on any atom is -0.381 e. The minimum absolute atomic E-state index is 0.0750. The number of benzene rings is 1. The van der Waals surface area contributed by atoms with Crippen LogP contribution in [0, 0.1) is 0 Å². The molecule has 0 amide bonds. The lowest BCUT2D eigenvalue weighted by molar-refractivity contribution is -0.0828. The molecular formula is C14H17BrClNO2. The standard InChI is InChI=1S/C14H17BrClNO2/c15-10-1-2-12(16)13(7-10)17-11-3-5-19-14(8-11)4-6-18-9-14/h1-2,7,11,17H,3-6,8-9H2. The topological polar surface area (TPSA) is 30.5 Å². The summed E-state index contributed by atoms with van der Waals surface area (Å²) >= 11 is 9.70. The van der Waals surface area contributed by atoms with Crippen LogP contribution in [0.25, 0.3) is 0 Å². The molecule has 1 spiro atoms. The summed E-state index contributed by atoms with van der Waals surface area (Å²) in [5, 5.41) is 4.30. The Morgan fingerprint density at radius 2 is 2.26 bits per heavy atom. The van der Waals surface area contributed by atoms with Gasteiger partial charge in [-0.05, 0) is 31.0 Å². The first-order valence-electron chi connectivity index (χ1n) is 6.60. The van der Waals surface area contributed by atoms with Gasteiger partial charge in [0.1, 0.15) is 0 Å². The number of anilines is 1. The van der Waals surface area contributed by atoms with Crippen molar-refractivity contribution < 1.29 is 9.47 Å². The average Bonchev–Trinajstić information content (AvgIpc) is 2.82. The van der Waals surface area contributed by atoms with Gasteiger partial charge in [0.05, 0.1) is 22.9 Å². The van der Waals surface area contributed by atoms with Gasteiger partial charge in [-0.15, -0.1) is 0 Å². The SMILES string of the molecule is Clc1ccc(Br)cc1NC1CCOC2(CCOC2)C1. The van der Waals surface area contributed by atoms with Gasteiger partial charge in [-0.2, -0.15) is 0 Å². The Morgan fingerprint density at radius 3 is 3.05 bits per heavy atom. The molecule has 1 aromatic carbocycles. The Kier molecular flexibility index (Phi) is 4.03. The molecule has 2 unspecified atom stereocenters. The molecule has 2 atom stereocenters. The molecule has 0 radical (unpaired) electrons. The molecule has 5 heteroatoms. The molecule has 2 aliphatic heterocycles. The van der Waals surface area contributed by atoms with Gasteiger partial charge in [0.2, 0.25) is 0 Å². The Labute approximate surface area is 126 Å². The molecule has 19 heavy (non-hydrogen) atoms. The van der Waals surface area contributed by atoms with Gasteiger partial charge < -0.3 is 14.8 Å². The van der Waals surface area contributed by atoms with E-state index in [1.54, 1.807) is 0 Å². The van der Waals surface area contributed by atoms with Crippen LogP contribution < -0.4 is 5.32 Å². The summed E-state index contributed by atoms with van der Waals surface area (Å²) in [7, 11) is 0. The molecule has 2 heterocycles. The van der Waals surface area contributed by atoms with Crippen molar-refractivity contribution in [2.24, 2.45) is 0 Å². The third-order valence-electron chi connectivity index (χ3n) is 3.85. The highest BCUT2D eigenvalue weighted by atomic mass is 79.9. The van der Waals surface area contributed by atoms with Crippen molar-refractivity contribution in [3.05, 3.63) is 27.7 Å². The molecule has 104 valence electrons. The second-order valence-electron chi connectivity index (χ2n) is 5.29. The van der Waals surface area contributed by atoms with Gasteiger partial charge in [-0.3, -0.25) is 0 Å². The van der Waals surface area contributed by atoms with Gasteiger partial charge >= 0.3 is 0 Å². The average molecular weight is 347 g/mol. The molecular weight excluding hydrogens is 330 g/mol. The lowest BCUT2D eigenvalue weighted by Gasteiger charge is -2.37. The van der Waals surface area contributed by atoms with Crippen LogP contribution in [0.5, 0.6) is 0 Å². The fraction of sp³-hybridized carbons (Fsp3) is 0.571. The maximum atomic E-state index is 6.23. The van der Waals surface area contributed by atoms with E-state index >= 15 is 0 Å². The van der Waals surface area contributed by atoms with E-state index in [4.69, 9.17) is 21.1 Å².